The molecule has 0 aliphatic heterocycles. The lowest BCUT2D eigenvalue weighted by Gasteiger charge is -2.20. The number of aromatic nitrogens is 1. The molecule has 2 aromatic rings. The summed E-state index contributed by atoms with van der Waals surface area (Å²) in [7, 11) is 0. The lowest BCUT2D eigenvalue weighted by atomic mass is 9.87. The van der Waals surface area contributed by atoms with Crippen molar-refractivity contribution in [2.24, 2.45) is 0 Å². The van der Waals surface area contributed by atoms with Crippen LogP contribution in [0.25, 0.3) is 5.52 Å². The topological polar surface area (TPSA) is 30.7 Å². The zero-order chi connectivity index (χ0) is 15.1. The molecule has 2 rings (SSSR count). The molecule has 108 valence electrons. The Morgan fingerprint density at radius 2 is 1.90 bits per heavy atom. The molecule has 0 spiro atoms. The lowest BCUT2D eigenvalue weighted by Crippen LogP contribution is -2.18. The first-order valence-corrected chi connectivity index (χ1v) is 7.19. The fourth-order valence-electron chi connectivity index (χ4n) is 2.00. The highest BCUT2D eigenvalue weighted by Gasteiger charge is 2.19. The van der Waals surface area contributed by atoms with Gasteiger partial charge >= 0.3 is 0 Å². The summed E-state index contributed by atoms with van der Waals surface area (Å²) in [6, 6.07) is 3.81. The molecule has 0 radical (unpaired) electrons. The molecule has 0 bridgehead atoms. The van der Waals surface area contributed by atoms with Gasteiger partial charge in [-0.15, -0.1) is 0 Å². The normalized spacial score (nSPS) is 11.9. The minimum absolute atomic E-state index is 0.0119. The minimum Gasteiger partial charge on any atom is -0.490 e. The molecule has 0 amide bonds. The fourth-order valence-corrected chi connectivity index (χ4v) is 2.58. The Hall–Kier alpha value is -1.19. The third-order valence-electron chi connectivity index (χ3n) is 3.14. The summed E-state index contributed by atoms with van der Waals surface area (Å²) in [5, 5.41) is 0.375. The molecule has 5 heteroatoms. The van der Waals surface area contributed by atoms with Gasteiger partial charge in [0.25, 0.3) is 5.56 Å². The summed E-state index contributed by atoms with van der Waals surface area (Å²) < 4.78 is 6.85. The monoisotopic (exact) mass is 313 g/mol. The smallest absolute Gasteiger partial charge is 0.277 e. The van der Waals surface area contributed by atoms with E-state index in [1.807, 2.05) is 19.1 Å². The van der Waals surface area contributed by atoms with Crippen molar-refractivity contribution in [2.75, 3.05) is 6.61 Å². The van der Waals surface area contributed by atoms with E-state index in [1.54, 1.807) is 6.20 Å². The second-order valence-electron chi connectivity index (χ2n) is 5.62. The largest absolute Gasteiger partial charge is 0.490 e. The molecule has 2 heterocycles. The number of ether oxygens (including phenoxy) is 1. The number of rotatable bonds is 2. The van der Waals surface area contributed by atoms with Crippen LogP contribution in [0.3, 0.4) is 0 Å². The van der Waals surface area contributed by atoms with Gasteiger partial charge in [-0.3, -0.25) is 9.20 Å². The van der Waals surface area contributed by atoms with Crippen LogP contribution in [0.4, 0.5) is 0 Å². The van der Waals surface area contributed by atoms with Crippen LogP contribution >= 0.6 is 23.2 Å². The van der Waals surface area contributed by atoms with Crippen molar-refractivity contribution in [2.45, 2.75) is 33.1 Å². The molecule has 0 fully saturated rings. The van der Waals surface area contributed by atoms with E-state index in [2.05, 4.69) is 20.8 Å². The Labute approximate surface area is 128 Å². The van der Waals surface area contributed by atoms with Gasteiger partial charge in [-0.2, -0.15) is 0 Å². The van der Waals surface area contributed by atoms with Crippen molar-refractivity contribution in [3.05, 3.63) is 44.3 Å². The molecule has 0 saturated carbocycles. The Balaban J connectivity index is 2.84. The van der Waals surface area contributed by atoms with Crippen molar-refractivity contribution in [1.29, 1.82) is 0 Å². The van der Waals surface area contributed by atoms with Crippen LogP contribution in [0.15, 0.2) is 23.1 Å². The van der Waals surface area contributed by atoms with E-state index < -0.39 is 0 Å². The first-order valence-electron chi connectivity index (χ1n) is 6.44. The van der Waals surface area contributed by atoms with E-state index in [4.69, 9.17) is 27.9 Å². The number of halogens is 2. The minimum atomic E-state index is -0.324. The summed E-state index contributed by atoms with van der Waals surface area (Å²) in [4.78, 5) is 12.2. The highest BCUT2D eigenvalue weighted by atomic mass is 35.5. The lowest BCUT2D eigenvalue weighted by molar-refractivity contribution is 0.340. The van der Waals surface area contributed by atoms with Gasteiger partial charge in [-0.25, -0.2) is 0 Å². The van der Waals surface area contributed by atoms with Crippen LogP contribution in [-0.4, -0.2) is 11.0 Å². The molecule has 0 aliphatic rings. The van der Waals surface area contributed by atoms with Gasteiger partial charge in [-0.05, 0) is 30.0 Å². The average Bonchev–Trinajstić information content (AvgIpc) is 2.39. The van der Waals surface area contributed by atoms with Gasteiger partial charge in [0.15, 0.2) is 5.75 Å². The predicted molar refractivity (Wildman–Crippen MR) is 83.6 cm³/mol. The molecule has 0 aromatic carbocycles. The Bertz CT molecular complexity index is 714. The fraction of sp³-hybridized carbons (Fsp3) is 0.400. The van der Waals surface area contributed by atoms with Gasteiger partial charge in [-0.1, -0.05) is 44.0 Å². The molecule has 20 heavy (non-hydrogen) atoms. The Morgan fingerprint density at radius 3 is 2.45 bits per heavy atom. The Kier molecular flexibility index (Phi) is 4.03. The molecule has 3 nitrogen and oxygen atoms in total. The maximum absolute atomic E-state index is 12.2. The molecule has 0 atom stereocenters. The van der Waals surface area contributed by atoms with E-state index >= 15 is 0 Å². The average molecular weight is 314 g/mol. The van der Waals surface area contributed by atoms with Crippen molar-refractivity contribution in [3.8, 4) is 5.75 Å². The molecule has 2 aromatic heterocycles. The number of hydrogen-bond acceptors (Lipinski definition) is 2. The molecular formula is C15H17Cl2NO2. The first kappa shape index (κ1) is 15.2. The summed E-state index contributed by atoms with van der Waals surface area (Å²) in [5.74, 6) is 0.256. The van der Waals surface area contributed by atoms with Crippen molar-refractivity contribution < 1.29 is 4.74 Å². The summed E-state index contributed by atoms with van der Waals surface area (Å²) in [6.07, 6.45) is 1.70. The van der Waals surface area contributed by atoms with Crippen molar-refractivity contribution in [1.82, 2.24) is 4.40 Å². The second kappa shape index (κ2) is 5.30. The maximum atomic E-state index is 12.2. The van der Waals surface area contributed by atoms with E-state index in [0.29, 0.717) is 17.1 Å². The van der Waals surface area contributed by atoms with Crippen LogP contribution < -0.4 is 10.3 Å². The SMILES string of the molecule is CCOc1c(Cl)c(=O)n2ccc(C(C)(C)C)cc2c1Cl. The van der Waals surface area contributed by atoms with Crippen LogP contribution in [0.5, 0.6) is 5.75 Å². The Morgan fingerprint density at radius 1 is 1.25 bits per heavy atom. The van der Waals surface area contributed by atoms with Crippen molar-refractivity contribution in [3.63, 3.8) is 0 Å². The van der Waals surface area contributed by atoms with Crippen LogP contribution in [0.2, 0.25) is 10.0 Å². The van der Waals surface area contributed by atoms with Crippen molar-refractivity contribution >= 4 is 28.7 Å². The third kappa shape index (κ3) is 2.52. The summed E-state index contributed by atoms with van der Waals surface area (Å²) in [5.41, 5.74) is 1.34. The molecule has 0 saturated heterocycles. The molecule has 0 N–H and O–H groups in total. The van der Waals surface area contributed by atoms with Gasteiger partial charge < -0.3 is 4.74 Å². The zero-order valence-electron chi connectivity index (χ0n) is 12.0. The third-order valence-corrected chi connectivity index (χ3v) is 3.84. The molecule has 0 aliphatic carbocycles. The summed E-state index contributed by atoms with van der Waals surface area (Å²) in [6.45, 7) is 8.52. The number of hydrogen-bond donors (Lipinski definition) is 0. The van der Waals surface area contributed by atoms with E-state index in [1.165, 1.54) is 4.40 Å². The quantitative estimate of drug-likeness (QED) is 0.827. The van der Waals surface area contributed by atoms with Gasteiger partial charge in [0.2, 0.25) is 0 Å². The van der Waals surface area contributed by atoms with Gasteiger partial charge in [0.1, 0.15) is 10.0 Å². The van der Waals surface area contributed by atoms with Gasteiger partial charge in [0, 0.05) is 6.20 Å². The number of pyridine rings is 2. The number of nitrogens with zero attached hydrogens (tertiary/aromatic N) is 1. The predicted octanol–water partition coefficient (Wildman–Crippen LogP) is 4.30. The molecular weight excluding hydrogens is 297 g/mol. The van der Waals surface area contributed by atoms with Gasteiger partial charge in [0.05, 0.1) is 12.1 Å². The van der Waals surface area contributed by atoms with Crippen LogP contribution in [0.1, 0.15) is 33.3 Å². The zero-order valence-corrected chi connectivity index (χ0v) is 13.5. The van der Waals surface area contributed by atoms with Crippen LogP contribution in [0, 0.1) is 0 Å². The number of fused-ring (bicyclic) bond motifs is 1. The molecule has 0 unspecified atom stereocenters. The van der Waals surface area contributed by atoms with Crippen LogP contribution in [-0.2, 0) is 5.41 Å². The van der Waals surface area contributed by atoms with E-state index in [9.17, 15) is 4.79 Å². The highest BCUT2D eigenvalue weighted by molar-refractivity contribution is 6.39. The van der Waals surface area contributed by atoms with E-state index in [-0.39, 0.29) is 21.7 Å². The van der Waals surface area contributed by atoms with E-state index in [0.717, 1.165) is 5.56 Å². The second-order valence-corrected chi connectivity index (χ2v) is 6.37. The standard InChI is InChI=1S/C15H17Cl2NO2/c1-5-20-13-11(16)10-8-9(15(2,3)4)6-7-18(10)14(19)12(13)17/h6-8H,5H2,1-4H3. The maximum Gasteiger partial charge on any atom is 0.277 e. The summed E-state index contributed by atoms with van der Waals surface area (Å²) >= 11 is 12.4. The first-order chi connectivity index (χ1) is 9.27. The highest BCUT2D eigenvalue weighted by Crippen LogP contribution is 2.35.